The second-order valence-corrected chi connectivity index (χ2v) is 2.85. The van der Waals surface area contributed by atoms with E-state index in [0.29, 0.717) is 0 Å². The van der Waals surface area contributed by atoms with E-state index in [1.165, 1.54) is 0 Å². The van der Waals surface area contributed by atoms with E-state index in [2.05, 4.69) is 18.0 Å². The van der Waals surface area contributed by atoms with E-state index in [1.54, 1.807) is 0 Å². The molecule has 0 atom stereocenters. The van der Waals surface area contributed by atoms with Crippen molar-refractivity contribution in [1.29, 1.82) is 5.26 Å². The van der Waals surface area contributed by atoms with Crippen molar-refractivity contribution >= 4 is 0 Å². The van der Waals surface area contributed by atoms with Crippen LogP contribution in [-0.2, 0) is 6.42 Å². The van der Waals surface area contributed by atoms with Gasteiger partial charge in [-0.25, -0.2) is 0 Å². The van der Waals surface area contributed by atoms with Gasteiger partial charge in [0.15, 0.2) is 0 Å². The van der Waals surface area contributed by atoms with Crippen molar-refractivity contribution in [1.82, 2.24) is 4.98 Å². The molecule has 1 heterocycles. The highest BCUT2D eigenvalue weighted by Gasteiger charge is 2.06. The zero-order valence-corrected chi connectivity index (χ0v) is 7.68. The maximum atomic E-state index is 8.86. The van der Waals surface area contributed by atoms with Gasteiger partial charge in [-0.15, -0.1) is 0 Å². The van der Waals surface area contributed by atoms with Crippen LogP contribution in [0.15, 0.2) is 6.20 Å². The molecule has 12 heavy (non-hydrogen) atoms. The van der Waals surface area contributed by atoms with Gasteiger partial charge in [-0.05, 0) is 31.4 Å². The summed E-state index contributed by atoms with van der Waals surface area (Å²) in [4.78, 5) is 4.14. The smallest absolute Gasteiger partial charge is 0.101 e. The molecule has 0 unspecified atom stereocenters. The monoisotopic (exact) mass is 160 g/mol. The van der Waals surface area contributed by atoms with Gasteiger partial charge >= 0.3 is 0 Å². The zero-order chi connectivity index (χ0) is 9.14. The molecule has 1 aromatic heterocycles. The average Bonchev–Trinajstić information content (AvgIpc) is 2.08. The maximum absolute atomic E-state index is 8.86. The first-order valence-electron chi connectivity index (χ1n) is 4.05. The van der Waals surface area contributed by atoms with E-state index in [1.807, 2.05) is 20.0 Å². The molecule has 0 saturated heterocycles. The standard InChI is InChI=1S/C10H12N2/c1-4-9-7(2)6-12-8(3)10(9)5-11/h6H,4H2,1-3H3. The first-order valence-corrected chi connectivity index (χ1v) is 4.05. The molecule has 0 aliphatic carbocycles. The van der Waals surface area contributed by atoms with Crippen LogP contribution in [0.3, 0.4) is 0 Å². The van der Waals surface area contributed by atoms with Gasteiger partial charge in [-0.3, -0.25) is 4.98 Å². The van der Waals surface area contributed by atoms with E-state index in [9.17, 15) is 0 Å². The van der Waals surface area contributed by atoms with Gasteiger partial charge in [0.1, 0.15) is 6.07 Å². The highest BCUT2D eigenvalue weighted by atomic mass is 14.7. The number of nitrogens with zero attached hydrogens (tertiary/aromatic N) is 2. The van der Waals surface area contributed by atoms with Crippen molar-refractivity contribution in [3.8, 4) is 6.07 Å². The van der Waals surface area contributed by atoms with Crippen LogP contribution in [0.5, 0.6) is 0 Å². The summed E-state index contributed by atoms with van der Waals surface area (Å²) < 4.78 is 0. The van der Waals surface area contributed by atoms with Gasteiger partial charge in [0.05, 0.1) is 11.3 Å². The van der Waals surface area contributed by atoms with E-state index >= 15 is 0 Å². The van der Waals surface area contributed by atoms with Crippen LogP contribution in [-0.4, -0.2) is 4.98 Å². The molecule has 0 radical (unpaired) electrons. The molecule has 1 aromatic rings. The fraction of sp³-hybridized carbons (Fsp3) is 0.400. The largest absolute Gasteiger partial charge is 0.260 e. The summed E-state index contributed by atoms with van der Waals surface area (Å²) in [6.45, 7) is 5.92. The Labute approximate surface area is 72.9 Å². The summed E-state index contributed by atoms with van der Waals surface area (Å²) in [5, 5.41) is 8.86. The zero-order valence-electron chi connectivity index (χ0n) is 7.68. The van der Waals surface area contributed by atoms with Crippen molar-refractivity contribution in [2.24, 2.45) is 0 Å². The summed E-state index contributed by atoms with van der Waals surface area (Å²) >= 11 is 0. The number of rotatable bonds is 1. The Hall–Kier alpha value is -1.36. The Morgan fingerprint density at radius 1 is 1.50 bits per heavy atom. The highest BCUT2D eigenvalue weighted by molar-refractivity contribution is 5.43. The first-order chi connectivity index (χ1) is 5.70. The third-order valence-corrected chi connectivity index (χ3v) is 2.06. The molecule has 1 rings (SSSR count). The molecule has 62 valence electrons. The lowest BCUT2D eigenvalue weighted by Gasteiger charge is -2.06. The lowest BCUT2D eigenvalue weighted by molar-refractivity contribution is 1.04. The van der Waals surface area contributed by atoms with Gasteiger partial charge in [-0.1, -0.05) is 6.92 Å². The molecular formula is C10H12N2. The van der Waals surface area contributed by atoms with Crippen LogP contribution in [0.2, 0.25) is 0 Å². The molecule has 0 aromatic carbocycles. The van der Waals surface area contributed by atoms with Gasteiger partial charge in [0.25, 0.3) is 0 Å². The van der Waals surface area contributed by atoms with E-state index in [4.69, 9.17) is 5.26 Å². The van der Waals surface area contributed by atoms with Gasteiger partial charge in [0, 0.05) is 6.20 Å². The molecular weight excluding hydrogens is 148 g/mol. The Morgan fingerprint density at radius 3 is 2.58 bits per heavy atom. The lowest BCUT2D eigenvalue weighted by Crippen LogP contribution is -1.97. The minimum Gasteiger partial charge on any atom is -0.260 e. The molecule has 0 N–H and O–H groups in total. The first kappa shape index (κ1) is 8.73. The molecule has 0 fully saturated rings. The van der Waals surface area contributed by atoms with Crippen molar-refractivity contribution in [2.45, 2.75) is 27.2 Å². The van der Waals surface area contributed by atoms with Crippen LogP contribution >= 0.6 is 0 Å². The topological polar surface area (TPSA) is 36.7 Å². The van der Waals surface area contributed by atoms with Crippen LogP contribution in [0.25, 0.3) is 0 Å². The second kappa shape index (κ2) is 3.36. The number of nitriles is 1. The van der Waals surface area contributed by atoms with Crippen LogP contribution < -0.4 is 0 Å². The Kier molecular flexibility index (Phi) is 2.44. The molecule has 2 heteroatoms. The fourth-order valence-electron chi connectivity index (χ4n) is 1.36. The number of hydrogen-bond acceptors (Lipinski definition) is 2. The number of aryl methyl sites for hydroxylation is 2. The number of pyridine rings is 1. The van der Waals surface area contributed by atoms with Crippen LogP contribution in [0, 0.1) is 25.2 Å². The van der Waals surface area contributed by atoms with Crippen molar-refractivity contribution < 1.29 is 0 Å². The number of aromatic nitrogens is 1. The second-order valence-electron chi connectivity index (χ2n) is 2.85. The lowest BCUT2D eigenvalue weighted by atomic mass is 10.0. The number of hydrogen-bond donors (Lipinski definition) is 0. The summed E-state index contributed by atoms with van der Waals surface area (Å²) in [6.07, 6.45) is 2.73. The van der Waals surface area contributed by atoms with Gasteiger partial charge in [-0.2, -0.15) is 5.26 Å². The Balaban J connectivity index is 3.41. The summed E-state index contributed by atoms with van der Waals surface area (Å²) in [7, 11) is 0. The predicted molar refractivity (Wildman–Crippen MR) is 47.8 cm³/mol. The van der Waals surface area contributed by atoms with Crippen LogP contribution in [0.4, 0.5) is 0 Å². The molecule has 2 nitrogen and oxygen atoms in total. The average molecular weight is 160 g/mol. The van der Waals surface area contributed by atoms with E-state index in [-0.39, 0.29) is 0 Å². The SMILES string of the molecule is CCc1c(C)cnc(C)c1C#N. The van der Waals surface area contributed by atoms with Crippen molar-refractivity contribution in [3.63, 3.8) is 0 Å². The third-order valence-electron chi connectivity index (χ3n) is 2.06. The third kappa shape index (κ3) is 1.31. The highest BCUT2D eigenvalue weighted by Crippen LogP contribution is 2.15. The van der Waals surface area contributed by atoms with Gasteiger partial charge in [0.2, 0.25) is 0 Å². The quantitative estimate of drug-likeness (QED) is 0.631. The molecule has 0 aliphatic heterocycles. The predicted octanol–water partition coefficient (Wildman–Crippen LogP) is 2.13. The van der Waals surface area contributed by atoms with E-state index < -0.39 is 0 Å². The maximum Gasteiger partial charge on any atom is 0.101 e. The Bertz CT molecular complexity index is 334. The molecule has 0 bridgehead atoms. The molecule has 0 aliphatic rings. The van der Waals surface area contributed by atoms with Gasteiger partial charge < -0.3 is 0 Å². The summed E-state index contributed by atoms with van der Waals surface area (Å²) in [5.74, 6) is 0. The Morgan fingerprint density at radius 2 is 2.17 bits per heavy atom. The molecule has 0 spiro atoms. The van der Waals surface area contributed by atoms with Crippen molar-refractivity contribution in [2.75, 3.05) is 0 Å². The normalized spacial score (nSPS) is 9.50. The fourth-order valence-corrected chi connectivity index (χ4v) is 1.36. The summed E-state index contributed by atoms with van der Waals surface area (Å²) in [5.41, 5.74) is 3.82. The minimum atomic E-state index is 0.748. The molecule has 0 saturated carbocycles. The van der Waals surface area contributed by atoms with E-state index in [0.717, 1.165) is 28.8 Å². The van der Waals surface area contributed by atoms with Crippen molar-refractivity contribution in [3.05, 3.63) is 28.6 Å². The summed E-state index contributed by atoms with van der Waals surface area (Å²) in [6, 6.07) is 2.19. The molecule has 0 amide bonds. The van der Waals surface area contributed by atoms with Crippen LogP contribution in [0.1, 0.15) is 29.3 Å². The minimum absolute atomic E-state index is 0.748.